The zero-order chi connectivity index (χ0) is 11.1. The molecule has 0 amide bonds. The fraction of sp³-hybridized carbons (Fsp3) is 0.727. The average Bonchev–Trinajstić information content (AvgIpc) is 2.10. The van der Waals surface area contributed by atoms with Crippen molar-refractivity contribution in [3.63, 3.8) is 0 Å². The van der Waals surface area contributed by atoms with Gasteiger partial charge in [0.2, 0.25) is 0 Å². The maximum absolute atomic E-state index is 11.1. The fourth-order valence-electron chi connectivity index (χ4n) is 0.988. The SMILES string of the molecule is COC(=O)CN(CC=C(C)C)C(C)C. The minimum atomic E-state index is -0.180. The summed E-state index contributed by atoms with van der Waals surface area (Å²) in [5, 5.41) is 0. The van der Waals surface area contributed by atoms with E-state index in [0.717, 1.165) is 6.54 Å². The second-order valence-corrected chi connectivity index (χ2v) is 3.88. The number of allylic oxidation sites excluding steroid dienone is 1. The molecule has 0 aliphatic carbocycles. The molecule has 0 bridgehead atoms. The molecule has 0 saturated carbocycles. The van der Waals surface area contributed by atoms with Crippen LogP contribution in [0.5, 0.6) is 0 Å². The molecule has 0 aliphatic heterocycles. The summed E-state index contributed by atoms with van der Waals surface area (Å²) in [6.45, 7) is 9.41. The molecule has 0 N–H and O–H groups in total. The molecule has 0 aromatic rings. The van der Waals surface area contributed by atoms with Gasteiger partial charge in [-0.15, -0.1) is 0 Å². The Balaban J connectivity index is 4.16. The molecule has 0 aliphatic rings. The van der Waals surface area contributed by atoms with Crippen LogP contribution in [-0.4, -0.2) is 37.1 Å². The zero-order valence-electron chi connectivity index (χ0n) is 9.83. The van der Waals surface area contributed by atoms with Gasteiger partial charge in [0, 0.05) is 12.6 Å². The van der Waals surface area contributed by atoms with Gasteiger partial charge in [-0.2, -0.15) is 0 Å². The second kappa shape index (κ2) is 6.60. The van der Waals surface area contributed by atoms with Gasteiger partial charge in [0.1, 0.15) is 0 Å². The van der Waals surface area contributed by atoms with Gasteiger partial charge in [0.15, 0.2) is 0 Å². The van der Waals surface area contributed by atoms with E-state index in [2.05, 4.69) is 43.4 Å². The molecule has 0 atom stereocenters. The van der Waals surface area contributed by atoms with Crippen molar-refractivity contribution in [2.24, 2.45) is 0 Å². The summed E-state index contributed by atoms with van der Waals surface area (Å²) in [7, 11) is 1.42. The van der Waals surface area contributed by atoms with Crippen LogP contribution in [0.2, 0.25) is 0 Å². The number of hydrogen-bond acceptors (Lipinski definition) is 3. The topological polar surface area (TPSA) is 29.5 Å². The van der Waals surface area contributed by atoms with Crippen LogP contribution in [0.1, 0.15) is 27.7 Å². The lowest BCUT2D eigenvalue weighted by atomic mass is 10.2. The van der Waals surface area contributed by atoms with Crippen molar-refractivity contribution >= 4 is 5.97 Å². The first-order valence-corrected chi connectivity index (χ1v) is 4.91. The number of methoxy groups -OCH3 is 1. The number of carbonyl (C=O) groups excluding carboxylic acids is 1. The first-order valence-electron chi connectivity index (χ1n) is 4.91. The van der Waals surface area contributed by atoms with Crippen LogP contribution in [0, 0.1) is 0 Å². The first kappa shape index (κ1) is 13.2. The van der Waals surface area contributed by atoms with E-state index < -0.39 is 0 Å². The van der Waals surface area contributed by atoms with Gasteiger partial charge >= 0.3 is 5.97 Å². The molecule has 0 heterocycles. The van der Waals surface area contributed by atoms with E-state index in [4.69, 9.17) is 0 Å². The number of rotatable bonds is 5. The van der Waals surface area contributed by atoms with Crippen LogP contribution in [-0.2, 0) is 9.53 Å². The monoisotopic (exact) mass is 199 g/mol. The predicted octanol–water partition coefficient (Wildman–Crippen LogP) is 1.84. The summed E-state index contributed by atoms with van der Waals surface area (Å²) in [6, 6.07) is 0.352. The first-order chi connectivity index (χ1) is 6.47. The molecule has 0 unspecified atom stereocenters. The number of nitrogens with zero attached hydrogens (tertiary/aromatic N) is 1. The summed E-state index contributed by atoms with van der Waals surface area (Å²) in [5.41, 5.74) is 1.26. The Bertz CT molecular complexity index is 205. The highest BCUT2D eigenvalue weighted by molar-refractivity contribution is 5.71. The van der Waals surface area contributed by atoms with Crippen molar-refractivity contribution in [1.82, 2.24) is 4.90 Å². The van der Waals surface area contributed by atoms with Gasteiger partial charge in [-0.1, -0.05) is 11.6 Å². The third-order valence-electron chi connectivity index (χ3n) is 2.02. The quantitative estimate of drug-likeness (QED) is 0.500. The van der Waals surface area contributed by atoms with Crippen molar-refractivity contribution in [2.75, 3.05) is 20.2 Å². The molecule has 3 heteroatoms. The maximum Gasteiger partial charge on any atom is 0.319 e. The van der Waals surface area contributed by atoms with E-state index in [9.17, 15) is 4.79 Å². The third-order valence-corrected chi connectivity index (χ3v) is 2.02. The van der Waals surface area contributed by atoms with Gasteiger partial charge in [-0.3, -0.25) is 9.69 Å². The molecule has 0 radical (unpaired) electrons. The van der Waals surface area contributed by atoms with Gasteiger partial charge in [0.05, 0.1) is 13.7 Å². The Morgan fingerprint density at radius 2 is 2.00 bits per heavy atom. The van der Waals surface area contributed by atoms with E-state index in [1.807, 2.05) is 0 Å². The van der Waals surface area contributed by atoms with Gasteiger partial charge in [0.25, 0.3) is 0 Å². The Labute approximate surface area is 86.7 Å². The molecule has 14 heavy (non-hydrogen) atoms. The molecule has 82 valence electrons. The molecule has 0 spiro atoms. The van der Waals surface area contributed by atoms with Gasteiger partial charge < -0.3 is 4.74 Å². The summed E-state index contributed by atoms with van der Waals surface area (Å²) in [5.74, 6) is -0.180. The van der Waals surface area contributed by atoms with Crippen LogP contribution < -0.4 is 0 Å². The van der Waals surface area contributed by atoms with Gasteiger partial charge in [-0.05, 0) is 27.7 Å². The summed E-state index contributed by atoms with van der Waals surface area (Å²) >= 11 is 0. The number of carbonyl (C=O) groups is 1. The maximum atomic E-state index is 11.1. The lowest BCUT2D eigenvalue weighted by Crippen LogP contribution is -2.36. The summed E-state index contributed by atoms with van der Waals surface area (Å²) in [6.07, 6.45) is 2.11. The Morgan fingerprint density at radius 3 is 2.36 bits per heavy atom. The highest BCUT2D eigenvalue weighted by atomic mass is 16.5. The Hall–Kier alpha value is -0.830. The van der Waals surface area contributed by atoms with Crippen LogP contribution in [0.25, 0.3) is 0 Å². The van der Waals surface area contributed by atoms with E-state index >= 15 is 0 Å². The third kappa shape index (κ3) is 5.75. The largest absolute Gasteiger partial charge is 0.468 e. The van der Waals surface area contributed by atoms with Crippen LogP contribution in [0.4, 0.5) is 0 Å². The molecule has 0 fully saturated rings. The number of hydrogen-bond donors (Lipinski definition) is 0. The predicted molar refractivity (Wildman–Crippen MR) is 58.2 cm³/mol. The van der Waals surface area contributed by atoms with E-state index in [0.29, 0.717) is 12.6 Å². The molecular formula is C11H21NO2. The number of ether oxygens (including phenoxy) is 1. The highest BCUT2D eigenvalue weighted by Gasteiger charge is 2.12. The van der Waals surface area contributed by atoms with Crippen molar-refractivity contribution in [1.29, 1.82) is 0 Å². The molecule has 0 saturated heterocycles. The molecule has 0 rings (SSSR count). The average molecular weight is 199 g/mol. The fourth-order valence-corrected chi connectivity index (χ4v) is 0.988. The zero-order valence-corrected chi connectivity index (χ0v) is 9.83. The standard InChI is InChI=1S/C11H21NO2/c1-9(2)6-7-12(10(3)4)8-11(13)14-5/h6,10H,7-8H2,1-5H3. The van der Waals surface area contributed by atoms with E-state index in [-0.39, 0.29) is 5.97 Å². The molecule has 3 nitrogen and oxygen atoms in total. The van der Waals surface area contributed by atoms with E-state index in [1.54, 1.807) is 0 Å². The van der Waals surface area contributed by atoms with Gasteiger partial charge in [-0.25, -0.2) is 0 Å². The van der Waals surface area contributed by atoms with Crippen LogP contribution >= 0.6 is 0 Å². The summed E-state index contributed by atoms with van der Waals surface area (Å²) < 4.78 is 4.64. The van der Waals surface area contributed by atoms with Crippen LogP contribution in [0.15, 0.2) is 11.6 Å². The van der Waals surface area contributed by atoms with Crippen molar-refractivity contribution < 1.29 is 9.53 Å². The van der Waals surface area contributed by atoms with Crippen molar-refractivity contribution in [3.8, 4) is 0 Å². The normalized spacial score (nSPS) is 10.5. The number of esters is 1. The minimum Gasteiger partial charge on any atom is -0.468 e. The summed E-state index contributed by atoms with van der Waals surface area (Å²) in [4.78, 5) is 13.2. The smallest absolute Gasteiger partial charge is 0.319 e. The van der Waals surface area contributed by atoms with Crippen LogP contribution in [0.3, 0.4) is 0 Å². The molecule has 0 aromatic heterocycles. The Morgan fingerprint density at radius 1 is 1.43 bits per heavy atom. The minimum absolute atomic E-state index is 0.180. The van der Waals surface area contributed by atoms with Crippen molar-refractivity contribution in [2.45, 2.75) is 33.7 Å². The lowest BCUT2D eigenvalue weighted by Gasteiger charge is -2.23. The molecule has 0 aromatic carbocycles. The highest BCUT2D eigenvalue weighted by Crippen LogP contribution is 2.00. The van der Waals surface area contributed by atoms with E-state index in [1.165, 1.54) is 12.7 Å². The Kier molecular flexibility index (Phi) is 6.21. The lowest BCUT2D eigenvalue weighted by molar-refractivity contribution is -0.142. The second-order valence-electron chi connectivity index (χ2n) is 3.88. The molecular weight excluding hydrogens is 178 g/mol. The van der Waals surface area contributed by atoms with Crippen molar-refractivity contribution in [3.05, 3.63) is 11.6 Å².